The average molecular weight is 999 g/mol. The number of allylic oxidation sites excluding steroid dienone is 6. The molecule has 4 aliphatic rings. The molecule has 2 bridgehead atoms. The largest absolute Gasteiger partial charge is 1.00 e. The normalized spacial score (nSPS) is 38.5. The molecule has 4 rings (SSSR count). The van der Waals surface area contributed by atoms with Gasteiger partial charge in [0.15, 0.2) is 5.78 Å². The summed E-state index contributed by atoms with van der Waals surface area (Å²) in [5, 5.41) is 35.9. The predicted molar refractivity (Wildman–Crippen MR) is 243 cm³/mol. The first kappa shape index (κ1) is 58.7. The number of ether oxygens (including phenoxy) is 5. The van der Waals surface area contributed by atoms with Crippen molar-refractivity contribution in [2.75, 3.05) is 27.9 Å². The zero-order valence-electron chi connectivity index (χ0n) is 41.6. The van der Waals surface area contributed by atoms with Gasteiger partial charge in [0.25, 0.3) is 11.7 Å². The van der Waals surface area contributed by atoms with Gasteiger partial charge >= 0.3 is 64.2 Å². The van der Waals surface area contributed by atoms with E-state index in [1.54, 1.807) is 34.0 Å². The maximum absolute atomic E-state index is 14.4. The smallest absolute Gasteiger partial charge is 0.850 e. The van der Waals surface area contributed by atoms with E-state index < -0.39 is 90.0 Å². The first-order valence-corrected chi connectivity index (χ1v) is 23.9. The number of rotatable bonds is 6. The molecule has 0 radical (unpaired) electrons. The molecule has 2 N–H and O–H groups in total. The Bertz CT molecular complexity index is 1760. The van der Waals surface area contributed by atoms with Gasteiger partial charge in [-0.25, -0.2) is 4.79 Å². The topological polar surface area (TPSA) is 198 Å². The van der Waals surface area contributed by atoms with Gasteiger partial charge in [-0.2, -0.15) is 0 Å². The summed E-state index contributed by atoms with van der Waals surface area (Å²) < 4.78 is 29.3. The molecule has 14 nitrogen and oxygen atoms in total. The Hall–Kier alpha value is -1.56. The van der Waals surface area contributed by atoms with E-state index in [0.29, 0.717) is 69.8 Å². The van der Waals surface area contributed by atoms with Gasteiger partial charge in [-0.15, -0.1) is 0 Å². The van der Waals surface area contributed by atoms with E-state index in [1.165, 1.54) is 19.1 Å². The first-order valence-electron chi connectivity index (χ1n) is 23.9. The Morgan fingerprint density at radius 2 is 1.59 bits per heavy atom. The second-order valence-electron chi connectivity index (χ2n) is 19.6. The van der Waals surface area contributed by atoms with Gasteiger partial charge in [0.1, 0.15) is 30.1 Å². The molecule has 1 aliphatic carbocycles. The SMILES string of the molecule is CO[C@H]1C[C@@H]2CC[C@@H](C)[C@@](O)(O2)C(=O)C(=O)N2CCCC[C@H]2C(=O)O[C@H]([C@H](C)C[C@@H]2CC[C@@H]([O-])[C@H](OC)C2)CC(=O)[C@H](C)/C=C(\C)[C@@H](O)[C@@H](OC)C(=O)[C@H](C)C[C@H](C)/C=C/C=CC=C1C.[Rb+]. The van der Waals surface area contributed by atoms with Crippen LogP contribution in [0.4, 0.5) is 0 Å². The van der Waals surface area contributed by atoms with E-state index in [2.05, 4.69) is 0 Å². The predicted octanol–water partition coefficient (Wildman–Crippen LogP) is 2.55. The van der Waals surface area contributed by atoms with Crippen molar-refractivity contribution >= 4 is 29.2 Å². The van der Waals surface area contributed by atoms with E-state index in [1.807, 2.05) is 58.1 Å². The number of ketones is 3. The molecule has 0 unspecified atom stereocenters. The fourth-order valence-corrected chi connectivity index (χ4v) is 10.1. The third kappa shape index (κ3) is 15.7. The van der Waals surface area contributed by atoms with Crippen molar-refractivity contribution in [3.8, 4) is 0 Å². The summed E-state index contributed by atoms with van der Waals surface area (Å²) >= 11 is 0. The maximum atomic E-state index is 14.4. The van der Waals surface area contributed by atoms with Gasteiger partial charge in [0, 0.05) is 64.6 Å². The quantitative estimate of drug-likeness (QED) is 0.224. The molecule has 15 heteroatoms. The molecule has 0 spiro atoms. The average Bonchev–Trinajstić information content (AvgIpc) is 3.28. The number of nitrogens with zero attached hydrogens (tertiary/aromatic N) is 1. The number of piperidine rings is 1. The molecule has 15 atom stereocenters. The fourth-order valence-electron chi connectivity index (χ4n) is 10.1. The van der Waals surface area contributed by atoms with E-state index in [0.717, 1.165) is 5.57 Å². The Balaban J connectivity index is 0.0000116. The number of fused-ring (bicyclic) bond motifs is 3. The Kier molecular flexibility index (Phi) is 24.7. The van der Waals surface area contributed by atoms with Crippen LogP contribution < -0.4 is 63.3 Å². The summed E-state index contributed by atoms with van der Waals surface area (Å²) in [5.41, 5.74) is 1.26. The molecule has 3 heterocycles. The van der Waals surface area contributed by atoms with Crippen molar-refractivity contribution in [2.24, 2.45) is 35.5 Å². The molecule has 3 aliphatic heterocycles. The third-order valence-electron chi connectivity index (χ3n) is 14.5. The van der Waals surface area contributed by atoms with Crippen molar-refractivity contribution in [1.29, 1.82) is 0 Å². The van der Waals surface area contributed by atoms with E-state index in [4.69, 9.17) is 23.7 Å². The van der Waals surface area contributed by atoms with E-state index >= 15 is 0 Å². The number of hydrogen-bond acceptors (Lipinski definition) is 13. The van der Waals surface area contributed by atoms with Crippen LogP contribution in [0.1, 0.15) is 126 Å². The summed E-state index contributed by atoms with van der Waals surface area (Å²) in [7, 11) is 4.47. The molecule has 0 aromatic heterocycles. The molecular weight excluding hydrogens is 920 g/mol. The monoisotopic (exact) mass is 997 g/mol. The van der Waals surface area contributed by atoms with Crippen LogP contribution in [0.25, 0.3) is 0 Å². The van der Waals surface area contributed by atoms with Crippen molar-refractivity contribution in [3.63, 3.8) is 0 Å². The first-order chi connectivity index (χ1) is 30.7. The van der Waals surface area contributed by atoms with Crippen molar-refractivity contribution < 1.29 is 121 Å². The number of esters is 1. The Morgan fingerprint density at radius 3 is 2.26 bits per heavy atom. The summed E-state index contributed by atoms with van der Waals surface area (Å²) in [5.74, 6) is -8.08. The van der Waals surface area contributed by atoms with Crippen LogP contribution in [0.2, 0.25) is 0 Å². The summed E-state index contributed by atoms with van der Waals surface area (Å²) in [6.45, 7) is 12.7. The van der Waals surface area contributed by atoms with Crippen LogP contribution in [0.5, 0.6) is 0 Å². The van der Waals surface area contributed by atoms with Crippen molar-refractivity contribution in [2.45, 2.75) is 180 Å². The summed E-state index contributed by atoms with van der Waals surface area (Å²) in [4.78, 5) is 71.7. The molecule has 366 valence electrons. The number of aliphatic hydroxyl groups excluding tert-OH is 1. The van der Waals surface area contributed by atoms with Crippen LogP contribution >= 0.6 is 0 Å². The molecular formula is C51H78NO13Rb. The molecule has 0 aromatic carbocycles. The van der Waals surface area contributed by atoms with Crippen molar-refractivity contribution in [1.82, 2.24) is 4.90 Å². The minimum absolute atomic E-state index is 0. The number of cyclic esters (lactones) is 1. The van der Waals surface area contributed by atoms with Crippen LogP contribution in [0.15, 0.2) is 47.6 Å². The summed E-state index contributed by atoms with van der Waals surface area (Å²) in [6, 6.07) is -1.15. The van der Waals surface area contributed by atoms with Gasteiger partial charge in [-0.3, -0.25) is 19.2 Å². The van der Waals surface area contributed by atoms with Crippen LogP contribution in [0.3, 0.4) is 0 Å². The number of amides is 1. The third-order valence-corrected chi connectivity index (χ3v) is 14.5. The number of carbonyl (C=O) groups excluding carboxylic acids is 5. The minimum Gasteiger partial charge on any atom is -0.850 e. The molecule has 66 heavy (non-hydrogen) atoms. The second-order valence-corrected chi connectivity index (χ2v) is 19.6. The zero-order valence-corrected chi connectivity index (χ0v) is 46.5. The molecule has 1 saturated carbocycles. The second kappa shape index (κ2) is 27.7. The fraction of sp³-hybridized carbons (Fsp3) is 0.745. The Labute approximate surface area is 442 Å². The number of methoxy groups -OCH3 is 3. The van der Waals surface area contributed by atoms with Crippen LogP contribution in [-0.4, -0.2) is 127 Å². The van der Waals surface area contributed by atoms with Gasteiger partial charge in [-0.1, -0.05) is 90.0 Å². The minimum atomic E-state index is -2.43. The maximum Gasteiger partial charge on any atom is 1.00 e. The van der Waals surface area contributed by atoms with Crippen molar-refractivity contribution in [3.05, 3.63) is 47.6 Å². The molecule has 2 saturated heterocycles. The van der Waals surface area contributed by atoms with E-state index in [9.17, 15) is 39.3 Å². The van der Waals surface area contributed by atoms with Gasteiger partial charge in [0.05, 0.1) is 12.2 Å². The zero-order chi connectivity index (χ0) is 48.2. The van der Waals surface area contributed by atoms with E-state index in [-0.39, 0.29) is 107 Å². The Morgan fingerprint density at radius 1 is 0.879 bits per heavy atom. The number of aliphatic hydroxyl groups is 2. The standard InChI is InChI=1S/C51H78NO13.Rb/c1-30-16-12-11-13-17-31(2)42(61-8)28-38-21-19-36(7)51(60,65-38)48(57)49(58)52-23-15-14-18-39(52)50(59)64-43(33(4)26-37-20-22-40(53)44(27-37)62-9)29-41(54)32(3)25-35(6)46(56)47(63-10)45(55)34(5)24-30;/h11-13,16-17,25,30,32-34,36-40,42-44,46-47,56,60H,14-15,18-24,26-29H2,1-10H3;/q-1;+1/b13-11?,16-12+,31-17?,35-25+;/t30-,32-,33-,34-,36-,37+,38+,39+,40-,42+,43+,44-,46-,47+,51-;/m1./s1. The van der Waals surface area contributed by atoms with Crippen LogP contribution in [0, 0.1) is 35.5 Å². The molecule has 0 aromatic rings. The molecule has 1 amide bonds. The van der Waals surface area contributed by atoms with Gasteiger partial charge in [0.2, 0.25) is 5.79 Å². The van der Waals surface area contributed by atoms with Gasteiger partial charge < -0.3 is 43.9 Å². The summed E-state index contributed by atoms with van der Waals surface area (Å²) in [6.07, 6.45) is 10.5. The van der Waals surface area contributed by atoms with Gasteiger partial charge in [-0.05, 0) is 94.1 Å². The number of hydrogen-bond donors (Lipinski definition) is 2. The number of Topliss-reactive ketones (excluding diaryl/α,β-unsaturated/α-hetero) is 3. The number of carbonyl (C=O) groups is 5. The molecule has 3 fully saturated rings. The van der Waals surface area contributed by atoms with Crippen LogP contribution in [-0.2, 0) is 47.7 Å².